The Hall–Kier alpha value is -3.25. The zero-order valence-corrected chi connectivity index (χ0v) is 19.5. The SMILES string of the molecule is C=C[C@@H](OCc1ccccc1)[C@H](OCc1ccccc1)[C@@H](COCc1ccccc1)OC(C)=O. The lowest BCUT2D eigenvalue weighted by atomic mass is 10.1. The fourth-order valence-corrected chi connectivity index (χ4v) is 3.52. The van der Waals surface area contributed by atoms with E-state index >= 15 is 0 Å². The number of esters is 1. The van der Waals surface area contributed by atoms with Crippen LogP contribution in [0.25, 0.3) is 0 Å². The Morgan fingerprint density at radius 1 is 0.765 bits per heavy atom. The Balaban J connectivity index is 1.74. The van der Waals surface area contributed by atoms with Crippen LogP contribution in [0, 0.1) is 0 Å². The Bertz CT molecular complexity index is 975. The number of hydrogen-bond donors (Lipinski definition) is 0. The van der Waals surface area contributed by atoms with Crippen LogP contribution in [0.3, 0.4) is 0 Å². The third-order valence-electron chi connectivity index (χ3n) is 5.20. The van der Waals surface area contributed by atoms with Crippen molar-refractivity contribution in [1.29, 1.82) is 0 Å². The minimum Gasteiger partial charge on any atom is -0.457 e. The van der Waals surface area contributed by atoms with Gasteiger partial charge in [-0.3, -0.25) is 4.79 Å². The quantitative estimate of drug-likeness (QED) is 0.235. The maximum absolute atomic E-state index is 12.0. The van der Waals surface area contributed by atoms with Crippen LogP contribution in [0.1, 0.15) is 23.6 Å². The molecule has 0 aliphatic carbocycles. The minimum atomic E-state index is -0.677. The Kier molecular flexibility index (Phi) is 10.5. The smallest absolute Gasteiger partial charge is 0.303 e. The highest BCUT2D eigenvalue weighted by Crippen LogP contribution is 2.19. The van der Waals surface area contributed by atoms with Crippen molar-refractivity contribution in [3.63, 3.8) is 0 Å². The molecule has 0 amide bonds. The molecule has 5 nitrogen and oxygen atoms in total. The van der Waals surface area contributed by atoms with Crippen LogP contribution >= 0.6 is 0 Å². The largest absolute Gasteiger partial charge is 0.457 e. The van der Waals surface area contributed by atoms with Crippen LogP contribution in [-0.4, -0.2) is 30.9 Å². The fraction of sp³-hybridized carbons (Fsp3) is 0.276. The molecule has 0 spiro atoms. The van der Waals surface area contributed by atoms with Crippen molar-refractivity contribution in [2.75, 3.05) is 6.61 Å². The van der Waals surface area contributed by atoms with E-state index in [4.69, 9.17) is 18.9 Å². The molecule has 0 aromatic heterocycles. The molecule has 0 heterocycles. The highest BCUT2D eigenvalue weighted by molar-refractivity contribution is 5.66. The van der Waals surface area contributed by atoms with E-state index in [2.05, 4.69) is 6.58 Å². The standard InChI is InChI=1S/C29H32O5/c1-3-27(32-20-25-15-9-5-10-16-25)29(33-21-26-17-11-6-12-18-26)28(34-23(2)30)22-31-19-24-13-7-4-8-14-24/h3-18,27-29H,1,19-22H2,2H3/t27-,28-,29+/m1/s1. The number of rotatable bonds is 14. The lowest BCUT2D eigenvalue weighted by molar-refractivity contribution is -0.174. The first-order valence-electron chi connectivity index (χ1n) is 11.4. The first-order valence-corrected chi connectivity index (χ1v) is 11.4. The first-order chi connectivity index (χ1) is 16.7. The molecule has 0 saturated heterocycles. The second-order valence-electron chi connectivity index (χ2n) is 7.91. The summed E-state index contributed by atoms with van der Waals surface area (Å²) in [5.41, 5.74) is 3.07. The zero-order chi connectivity index (χ0) is 24.0. The molecule has 3 rings (SSSR count). The highest BCUT2D eigenvalue weighted by Gasteiger charge is 2.32. The molecule has 0 saturated carbocycles. The molecule has 0 fully saturated rings. The van der Waals surface area contributed by atoms with E-state index in [-0.39, 0.29) is 6.61 Å². The maximum Gasteiger partial charge on any atom is 0.303 e. The van der Waals surface area contributed by atoms with Crippen LogP contribution in [-0.2, 0) is 43.6 Å². The summed E-state index contributed by atoms with van der Waals surface area (Å²) in [6.45, 7) is 6.60. The number of hydrogen-bond acceptors (Lipinski definition) is 5. The summed E-state index contributed by atoms with van der Waals surface area (Å²) in [7, 11) is 0. The molecule has 0 aliphatic heterocycles. The molecule has 178 valence electrons. The molecule has 0 radical (unpaired) electrons. The summed E-state index contributed by atoms with van der Waals surface area (Å²) < 4.78 is 24.0. The van der Waals surface area contributed by atoms with E-state index in [1.165, 1.54) is 6.92 Å². The summed E-state index contributed by atoms with van der Waals surface area (Å²) in [5, 5.41) is 0. The average Bonchev–Trinajstić information content (AvgIpc) is 2.87. The van der Waals surface area contributed by atoms with Crippen LogP contribution in [0.2, 0.25) is 0 Å². The van der Waals surface area contributed by atoms with Gasteiger partial charge in [-0.2, -0.15) is 0 Å². The van der Waals surface area contributed by atoms with Gasteiger partial charge in [0.1, 0.15) is 12.2 Å². The molecular weight excluding hydrogens is 428 g/mol. The maximum atomic E-state index is 12.0. The summed E-state index contributed by atoms with van der Waals surface area (Å²) in [6, 6.07) is 29.5. The molecule has 3 aromatic rings. The van der Waals surface area contributed by atoms with Crippen molar-refractivity contribution in [2.45, 2.75) is 45.1 Å². The average molecular weight is 461 g/mol. The Morgan fingerprint density at radius 3 is 1.71 bits per heavy atom. The second-order valence-corrected chi connectivity index (χ2v) is 7.91. The van der Waals surface area contributed by atoms with Crippen molar-refractivity contribution in [3.05, 3.63) is 120 Å². The molecule has 0 bridgehead atoms. The van der Waals surface area contributed by atoms with E-state index in [1.54, 1.807) is 6.08 Å². The zero-order valence-electron chi connectivity index (χ0n) is 19.5. The molecule has 5 heteroatoms. The van der Waals surface area contributed by atoms with Gasteiger partial charge in [0, 0.05) is 6.92 Å². The van der Waals surface area contributed by atoms with E-state index in [9.17, 15) is 4.79 Å². The second kappa shape index (κ2) is 14.1. The fourth-order valence-electron chi connectivity index (χ4n) is 3.52. The number of benzene rings is 3. The van der Waals surface area contributed by atoms with Gasteiger partial charge in [0.2, 0.25) is 0 Å². The Labute approximate surface area is 201 Å². The van der Waals surface area contributed by atoms with Gasteiger partial charge in [-0.05, 0) is 16.7 Å². The van der Waals surface area contributed by atoms with Gasteiger partial charge in [-0.1, -0.05) is 97.1 Å². The summed E-state index contributed by atoms with van der Waals surface area (Å²) in [6.07, 6.45) is -0.120. The highest BCUT2D eigenvalue weighted by atomic mass is 16.6. The monoisotopic (exact) mass is 460 g/mol. The van der Waals surface area contributed by atoms with Crippen LogP contribution in [0.5, 0.6) is 0 Å². The lowest BCUT2D eigenvalue weighted by Gasteiger charge is -2.31. The normalized spacial score (nSPS) is 13.6. The lowest BCUT2D eigenvalue weighted by Crippen LogP contribution is -2.45. The topological polar surface area (TPSA) is 54.0 Å². The van der Waals surface area contributed by atoms with Gasteiger partial charge in [-0.15, -0.1) is 6.58 Å². The summed E-state index contributed by atoms with van der Waals surface area (Å²) in [5.74, 6) is -0.410. The third-order valence-corrected chi connectivity index (χ3v) is 5.20. The molecule has 0 unspecified atom stereocenters. The van der Waals surface area contributed by atoms with Crippen LogP contribution in [0.15, 0.2) is 104 Å². The summed E-state index contributed by atoms with van der Waals surface area (Å²) in [4.78, 5) is 12.0. The van der Waals surface area contributed by atoms with Gasteiger partial charge >= 0.3 is 5.97 Å². The predicted octanol–water partition coefficient (Wildman–Crippen LogP) is 5.49. The van der Waals surface area contributed by atoms with Crippen molar-refractivity contribution < 1.29 is 23.7 Å². The molecule has 0 aliphatic rings. The van der Waals surface area contributed by atoms with Crippen LogP contribution < -0.4 is 0 Å². The molecule has 0 N–H and O–H groups in total. The van der Waals surface area contributed by atoms with Gasteiger partial charge in [0.05, 0.1) is 26.4 Å². The van der Waals surface area contributed by atoms with Crippen molar-refractivity contribution >= 4 is 5.97 Å². The van der Waals surface area contributed by atoms with Gasteiger partial charge in [0.15, 0.2) is 6.10 Å². The summed E-state index contributed by atoms with van der Waals surface area (Å²) >= 11 is 0. The predicted molar refractivity (Wildman–Crippen MR) is 132 cm³/mol. The van der Waals surface area contributed by atoms with Gasteiger partial charge < -0.3 is 18.9 Å². The van der Waals surface area contributed by atoms with Gasteiger partial charge in [0.25, 0.3) is 0 Å². The molecule has 34 heavy (non-hydrogen) atoms. The van der Waals surface area contributed by atoms with E-state index in [1.807, 2.05) is 91.0 Å². The van der Waals surface area contributed by atoms with E-state index < -0.39 is 24.3 Å². The third kappa shape index (κ3) is 8.60. The number of carbonyl (C=O) groups is 1. The van der Waals surface area contributed by atoms with Crippen LogP contribution in [0.4, 0.5) is 0 Å². The van der Waals surface area contributed by atoms with E-state index in [0.717, 1.165) is 16.7 Å². The first kappa shape index (κ1) is 25.4. The Morgan fingerprint density at radius 2 is 1.24 bits per heavy atom. The minimum absolute atomic E-state index is 0.160. The number of ether oxygens (including phenoxy) is 4. The van der Waals surface area contributed by atoms with Crippen molar-refractivity contribution in [1.82, 2.24) is 0 Å². The molecular formula is C29H32O5. The molecule has 3 atom stereocenters. The number of carbonyl (C=O) groups excluding carboxylic acids is 1. The van der Waals surface area contributed by atoms with Crippen molar-refractivity contribution in [3.8, 4) is 0 Å². The molecule has 3 aromatic carbocycles. The van der Waals surface area contributed by atoms with Crippen molar-refractivity contribution in [2.24, 2.45) is 0 Å². The van der Waals surface area contributed by atoms with Gasteiger partial charge in [-0.25, -0.2) is 0 Å². The van der Waals surface area contributed by atoms with E-state index in [0.29, 0.717) is 19.8 Å².